The summed E-state index contributed by atoms with van der Waals surface area (Å²) in [6, 6.07) is 15.6. The van der Waals surface area contributed by atoms with E-state index in [4.69, 9.17) is 11.6 Å². The number of piperidine rings is 1. The highest BCUT2D eigenvalue weighted by molar-refractivity contribution is 7.90. The first kappa shape index (κ1) is 25.0. The van der Waals surface area contributed by atoms with Crippen LogP contribution in [0.5, 0.6) is 0 Å². The Labute approximate surface area is 220 Å². The second kappa shape index (κ2) is 10.4. The summed E-state index contributed by atoms with van der Waals surface area (Å²) in [5, 5.41) is 7.75. The highest BCUT2D eigenvalue weighted by Gasteiger charge is 2.26. The van der Waals surface area contributed by atoms with E-state index in [1.165, 1.54) is 16.5 Å². The third kappa shape index (κ3) is 5.40. The fourth-order valence-electron chi connectivity index (χ4n) is 4.46. The van der Waals surface area contributed by atoms with Gasteiger partial charge in [0.1, 0.15) is 12.1 Å². The molecule has 1 amide bonds. The van der Waals surface area contributed by atoms with Crippen molar-refractivity contribution in [1.29, 1.82) is 0 Å². The summed E-state index contributed by atoms with van der Waals surface area (Å²) >= 11 is 6.02. The van der Waals surface area contributed by atoms with Gasteiger partial charge in [-0.15, -0.1) is 0 Å². The van der Waals surface area contributed by atoms with E-state index in [9.17, 15) is 13.2 Å². The maximum absolute atomic E-state index is 13.2. The Morgan fingerprint density at radius 1 is 1.14 bits per heavy atom. The quantitative estimate of drug-likeness (QED) is 0.364. The van der Waals surface area contributed by atoms with Crippen LogP contribution in [0.4, 0.5) is 11.5 Å². The number of benzene rings is 2. The molecule has 0 unspecified atom stereocenters. The Balaban J connectivity index is 1.29. The molecule has 0 spiro atoms. The average Bonchev–Trinajstić information content (AvgIpc) is 3.34. The molecule has 192 valence electrons. The number of fused-ring (bicyclic) bond motifs is 1. The normalized spacial score (nSPS) is 16.1. The number of nitrogens with one attached hydrogen (secondary N) is 2. The van der Waals surface area contributed by atoms with Gasteiger partial charge in [-0.2, -0.15) is 0 Å². The van der Waals surface area contributed by atoms with E-state index in [1.807, 2.05) is 24.0 Å². The molecular weight excluding hydrogens is 512 g/mol. The Bertz CT molecular complexity index is 1540. The van der Waals surface area contributed by atoms with Crippen molar-refractivity contribution in [2.75, 3.05) is 30.3 Å². The van der Waals surface area contributed by atoms with Gasteiger partial charge in [0, 0.05) is 36.0 Å². The molecule has 1 aliphatic rings. The highest BCUT2D eigenvalue weighted by Crippen LogP contribution is 2.26. The number of carbonyl (C=O) groups excluding carboxylic acids is 1. The molecule has 2 aromatic carbocycles. The average molecular weight is 539 g/mol. The van der Waals surface area contributed by atoms with Crippen LogP contribution >= 0.6 is 11.6 Å². The van der Waals surface area contributed by atoms with Gasteiger partial charge in [-0.1, -0.05) is 35.4 Å². The lowest BCUT2D eigenvalue weighted by Gasteiger charge is -2.33. The number of halogens is 1. The van der Waals surface area contributed by atoms with Crippen molar-refractivity contribution in [1.82, 2.24) is 18.8 Å². The minimum absolute atomic E-state index is 0.00495. The molecule has 0 bridgehead atoms. The van der Waals surface area contributed by atoms with Crippen LogP contribution < -0.4 is 10.6 Å². The monoisotopic (exact) mass is 538 g/mol. The van der Waals surface area contributed by atoms with Crippen LogP contribution in [0, 0.1) is 6.92 Å². The molecule has 1 aliphatic heterocycles. The van der Waals surface area contributed by atoms with Crippen LogP contribution in [0.1, 0.15) is 18.4 Å². The number of aryl methyl sites for hydroxylation is 1. The van der Waals surface area contributed by atoms with Gasteiger partial charge < -0.3 is 15.5 Å². The second-order valence-electron chi connectivity index (χ2n) is 9.08. The van der Waals surface area contributed by atoms with Gasteiger partial charge in [0.05, 0.1) is 16.8 Å². The van der Waals surface area contributed by atoms with Gasteiger partial charge in [-0.05, 0) is 56.2 Å². The molecule has 2 aromatic heterocycles. The largest absolute Gasteiger partial charge is 0.376 e. The van der Waals surface area contributed by atoms with Crippen LogP contribution in [0.15, 0.2) is 72.0 Å². The number of carbonyl (C=O) groups is 1. The molecule has 9 nitrogen and oxygen atoms in total. The van der Waals surface area contributed by atoms with Crippen molar-refractivity contribution >= 4 is 50.1 Å². The van der Waals surface area contributed by atoms with E-state index in [-0.39, 0.29) is 23.4 Å². The number of amides is 1. The maximum atomic E-state index is 13.2. The molecule has 1 atom stereocenters. The lowest BCUT2D eigenvalue weighted by molar-refractivity contribution is -0.130. The maximum Gasteiger partial charge on any atom is 0.269 e. The molecule has 0 aliphatic carbocycles. The van der Waals surface area contributed by atoms with Crippen LogP contribution in [0.3, 0.4) is 0 Å². The Morgan fingerprint density at radius 2 is 1.95 bits per heavy atom. The summed E-state index contributed by atoms with van der Waals surface area (Å²) in [5.41, 5.74) is 2.07. The lowest BCUT2D eigenvalue weighted by atomic mass is 10.1. The van der Waals surface area contributed by atoms with Gasteiger partial charge in [0.25, 0.3) is 10.0 Å². The highest BCUT2D eigenvalue weighted by atomic mass is 35.5. The van der Waals surface area contributed by atoms with Crippen molar-refractivity contribution in [2.45, 2.75) is 30.7 Å². The zero-order chi connectivity index (χ0) is 26.0. The number of hydrogen-bond acceptors (Lipinski definition) is 7. The smallest absolute Gasteiger partial charge is 0.269 e. The summed E-state index contributed by atoms with van der Waals surface area (Å²) in [7, 11) is -3.81. The molecule has 0 radical (unpaired) electrons. The van der Waals surface area contributed by atoms with Crippen LogP contribution in [0.2, 0.25) is 5.02 Å². The number of rotatable bonds is 7. The van der Waals surface area contributed by atoms with E-state index >= 15 is 0 Å². The Hall–Kier alpha value is -3.63. The van der Waals surface area contributed by atoms with Gasteiger partial charge in [0.2, 0.25) is 5.91 Å². The first-order chi connectivity index (χ1) is 17.8. The van der Waals surface area contributed by atoms with E-state index in [1.54, 1.807) is 42.5 Å². The van der Waals surface area contributed by atoms with E-state index < -0.39 is 10.0 Å². The predicted molar refractivity (Wildman–Crippen MR) is 144 cm³/mol. The molecule has 2 N–H and O–H groups in total. The molecular formula is C26H27ClN6O3S. The Kier molecular flexibility index (Phi) is 7.03. The summed E-state index contributed by atoms with van der Waals surface area (Å²) in [4.78, 5) is 23.5. The molecule has 4 aromatic rings. The standard InChI is InChI=1S/C26H27ClN6O3S/c1-18-7-9-22(10-8-18)37(35,36)33-13-11-23-25(29-17-30-26(23)33)31-21-6-3-12-32(16-21)24(34)15-28-20-5-2-4-19(27)14-20/h2,4-5,7-11,13-14,17,21,28H,3,6,12,15-16H2,1H3,(H,29,30,31)/t21-/m0/s1. The third-order valence-electron chi connectivity index (χ3n) is 6.41. The van der Waals surface area contributed by atoms with Crippen molar-refractivity contribution in [2.24, 2.45) is 0 Å². The number of anilines is 2. The number of aromatic nitrogens is 3. The fourth-order valence-corrected chi connectivity index (χ4v) is 5.96. The van der Waals surface area contributed by atoms with Gasteiger partial charge in [0.15, 0.2) is 5.65 Å². The first-order valence-electron chi connectivity index (χ1n) is 12.0. The first-order valence-corrected chi connectivity index (χ1v) is 13.8. The molecule has 11 heteroatoms. The minimum atomic E-state index is -3.81. The van der Waals surface area contributed by atoms with Crippen molar-refractivity contribution in [3.8, 4) is 0 Å². The zero-order valence-corrected chi connectivity index (χ0v) is 21.8. The van der Waals surface area contributed by atoms with E-state index in [2.05, 4.69) is 20.6 Å². The molecule has 5 rings (SSSR count). The van der Waals surface area contributed by atoms with Crippen molar-refractivity contribution in [3.63, 3.8) is 0 Å². The number of likely N-dealkylation sites (tertiary alicyclic amines) is 1. The molecule has 37 heavy (non-hydrogen) atoms. The second-order valence-corrected chi connectivity index (χ2v) is 11.3. The summed E-state index contributed by atoms with van der Waals surface area (Å²) in [6.45, 7) is 3.27. The van der Waals surface area contributed by atoms with Crippen LogP contribution in [-0.4, -0.2) is 58.8 Å². The van der Waals surface area contributed by atoms with Gasteiger partial charge in [-0.25, -0.2) is 22.4 Å². The predicted octanol–water partition coefficient (Wildman–Crippen LogP) is 4.15. The van der Waals surface area contributed by atoms with Crippen LogP contribution in [-0.2, 0) is 14.8 Å². The van der Waals surface area contributed by atoms with Crippen molar-refractivity contribution in [3.05, 3.63) is 77.7 Å². The topological polar surface area (TPSA) is 109 Å². The number of nitrogens with zero attached hydrogens (tertiary/aromatic N) is 4. The van der Waals surface area contributed by atoms with Crippen molar-refractivity contribution < 1.29 is 13.2 Å². The lowest BCUT2D eigenvalue weighted by Crippen LogP contribution is -2.47. The zero-order valence-electron chi connectivity index (χ0n) is 20.3. The number of hydrogen-bond donors (Lipinski definition) is 2. The third-order valence-corrected chi connectivity index (χ3v) is 8.32. The molecule has 1 fully saturated rings. The molecule has 0 saturated carbocycles. The summed E-state index contributed by atoms with van der Waals surface area (Å²) < 4.78 is 27.7. The van der Waals surface area contributed by atoms with E-state index in [0.717, 1.165) is 24.1 Å². The SMILES string of the molecule is Cc1ccc(S(=O)(=O)n2ccc3c(N[C@H]4CCCN(C(=O)CNc5cccc(Cl)c5)C4)ncnc32)cc1. The van der Waals surface area contributed by atoms with Gasteiger partial charge >= 0.3 is 0 Å². The minimum Gasteiger partial charge on any atom is -0.376 e. The van der Waals surface area contributed by atoms with E-state index in [0.29, 0.717) is 35.0 Å². The summed E-state index contributed by atoms with van der Waals surface area (Å²) in [5.74, 6) is 0.536. The van der Waals surface area contributed by atoms with Gasteiger partial charge in [-0.3, -0.25) is 4.79 Å². The summed E-state index contributed by atoms with van der Waals surface area (Å²) in [6.07, 6.45) is 4.56. The van der Waals surface area contributed by atoms with Crippen LogP contribution in [0.25, 0.3) is 11.0 Å². The molecule has 3 heterocycles. The molecule has 1 saturated heterocycles. The fraction of sp³-hybridized carbons (Fsp3) is 0.269. The Morgan fingerprint density at radius 3 is 2.73 bits per heavy atom.